The second-order valence-corrected chi connectivity index (χ2v) is 4.17. The van der Waals surface area contributed by atoms with E-state index in [-0.39, 0.29) is 11.9 Å². The summed E-state index contributed by atoms with van der Waals surface area (Å²) in [6, 6.07) is 0. The van der Waals surface area contributed by atoms with Crippen LogP contribution in [-0.2, 0) is 9.53 Å². The lowest BCUT2D eigenvalue weighted by Gasteiger charge is -2.21. The number of methoxy groups -OCH3 is 1. The predicted octanol–water partition coefficient (Wildman–Crippen LogP) is 2.13. The number of hydrogen-bond donors (Lipinski definition) is 1. The highest BCUT2D eigenvalue weighted by Crippen LogP contribution is 2.19. The maximum Gasteiger partial charge on any atom is 0.308 e. The van der Waals surface area contributed by atoms with Crippen LogP contribution < -0.4 is 0 Å². The zero-order chi connectivity index (χ0) is 11.2. The number of hydrogen-bond acceptors (Lipinski definition) is 3. The van der Waals surface area contributed by atoms with Gasteiger partial charge in [-0.05, 0) is 32.6 Å². The Morgan fingerprint density at radius 3 is 2.57 bits per heavy atom. The molecule has 1 N–H and O–H groups in total. The third-order valence-electron chi connectivity index (χ3n) is 2.72. The molecule has 0 fully saturated rings. The molecule has 2 unspecified atom stereocenters. The van der Waals surface area contributed by atoms with Crippen molar-refractivity contribution in [2.45, 2.75) is 52.1 Å². The van der Waals surface area contributed by atoms with Gasteiger partial charge in [-0.1, -0.05) is 13.8 Å². The summed E-state index contributed by atoms with van der Waals surface area (Å²) in [6.07, 6.45) is 3.13. The van der Waals surface area contributed by atoms with E-state index in [1.165, 1.54) is 7.11 Å². The van der Waals surface area contributed by atoms with Gasteiger partial charge in [-0.3, -0.25) is 4.79 Å². The van der Waals surface area contributed by atoms with Crippen LogP contribution in [0.15, 0.2) is 0 Å². The Morgan fingerprint density at radius 1 is 1.57 bits per heavy atom. The lowest BCUT2D eigenvalue weighted by molar-refractivity contribution is -0.145. The third-order valence-corrected chi connectivity index (χ3v) is 2.72. The summed E-state index contributed by atoms with van der Waals surface area (Å²) < 4.78 is 4.62. The van der Waals surface area contributed by atoms with Gasteiger partial charge in [0.2, 0.25) is 0 Å². The van der Waals surface area contributed by atoms with Gasteiger partial charge in [0.25, 0.3) is 0 Å². The fourth-order valence-electron chi connectivity index (χ4n) is 1.28. The zero-order valence-corrected chi connectivity index (χ0v) is 9.67. The molecule has 0 aliphatic heterocycles. The SMILES string of the molecule is CCC(C)(O)CCCC(C)C(=O)OC. The third kappa shape index (κ3) is 5.22. The van der Waals surface area contributed by atoms with Crippen LogP contribution in [-0.4, -0.2) is 23.8 Å². The Morgan fingerprint density at radius 2 is 2.14 bits per heavy atom. The first-order valence-electron chi connectivity index (χ1n) is 5.23. The summed E-state index contributed by atoms with van der Waals surface area (Å²) >= 11 is 0. The smallest absolute Gasteiger partial charge is 0.308 e. The zero-order valence-electron chi connectivity index (χ0n) is 9.67. The van der Waals surface area contributed by atoms with Crippen LogP contribution in [0.3, 0.4) is 0 Å². The molecule has 0 aliphatic rings. The van der Waals surface area contributed by atoms with Crippen LogP contribution in [0, 0.1) is 5.92 Å². The van der Waals surface area contributed by atoms with E-state index in [1.54, 1.807) is 0 Å². The molecule has 84 valence electrons. The number of rotatable bonds is 6. The van der Waals surface area contributed by atoms with Crippen molar-refractivity contribution < 1.29 is 14.6 Å². The minimum Gasteiger partial charge on any atom is -0.469 e. The lowest BCUT2D eigenvalue weighted by Crippen LogP contribution is -2.23. The van der Waals surface area contributed by atoms with Crippen LogP contribution in [0.5, 0.6) is 0 Å². The Kier molecular flexibility index (Phi) is 5.77. The molecule has 2 atom stereocenters. The van der Waals surface area contributed by atoms with Gasteiger partial charge in [0.15, 0.2) is 0 Å². The molecule has 0 rings (SSSR count). The highest BCUT2D eigenvalue weighted by atomic mass is 16.5. The molecule has 3 nitrogen and oxygen atoms in total. The monoisotopic (exact) mass is 202 g/mol. The molecule has 0 saturated carbocycles. The van der Waals surface area contributed by atoms with E-state index in [4.69, 9.17) is 0 Å². The van der Waals surface area contributed by atoms with E-state index >= 15 is 0 Å². The van der Waals surface area contributed by atoms with Crippen LogP contribution in [0.2, 0.25) is 0 Å². The molecule has 0 aromatic carbocycles. The van der Waals surface area contributed by atoms with Crippen molar-refractivity contribution in [2.75, 3.05) is 7.11 Å². The first-order chi connectivity index (χ1) is 6.43. The van der Waals surface area contributed by atoms with Gasteiger partial charge in [-0.2, -0.15) is 0 Å². The topological polar surface area (TPSA) is 46.5 Å². The van der Waals surface area contributed by atoms with Crippen LogP contribution in [0.25, 0.3) is 0 Å². The van der Waals surface area contributed by atoms with E-state index in [0.717, 1.165) is 25.7 Å². The molecule has 0 spiro atoms. The summed E-state index contributed by atoms with van der Waals surface area (Å²) in [4.78, 5) is 11.1. The summed E-state index contributed by atoms with van der Waals surface area (Å²) in [6.45, 7) is 5.64. The van der Waals surface area contributed by atoms with Crippen LogP contribution >= 0.6 is 0 Å². The van der Waals surface area contributed by atoms with Crippen molar-refractivity contribution in [3.8, 4) is 0 Å². The molecule has 0 aromatic heterocycles. The van der Waals surface area contributed by atoms with Crippen molar-refractivity contribution in [1.82, 2.24) is 0 Å². The largest absolute Gasteiger partial charge is 0.469 e. The molecule has 0 radical (unpaired) electrons. The van der Waals surface area contributed by atoms with Gasteiger partial charge in [0, 0.05) is 0 Å². The van der Waals surface area contributed by atoms with Crippen LogP contribution in [0.1, 0.15) is 46.5 Å². The second kappa shape index (κ2) is 6.02. The van der Waals surface area contributed by atoms with Crippen LogP contribution in [0.4, 0.5) is 0 Å². The number of carbonyl (C=O) groups is 1. The first-order valence-corrected chi connectivity index (χ1v) is 5.23. The van der Waals surface area contributed by atoms with Gasteiger partial charge in [-0.25, -0.2) is 0 Å². The van der Waals surface area contributed by atoms with E-state index in [0.29, 0.717) is 0 Å². The molecule has 0 aliphatic carbocycles. The fourth-order valence-corrected chi connectivity index (χ4v) is 1.28. The molecular formula is C11H22O3. The second-order valence-electron chi connectivity index (χ2n) is 4.17. The number of esters is 1. The lowest BCUT2D eigenvalue weighted by atomic mass is 9.93. The molecule has 0 saturated heterocycles. The first kappa shape index (κ1) is 13.4. The van der Waals surface area contributed by atoms with Gasteiger partial charge in [0.1, 0.15) is 0 Å². The van der Waals surface area contributed by atoms with Gasteiger partial charge in [0.05, 0.1) is 18.6 Å². The highest BCUT2D eigenvalue weighted by Gasteiger charge is 2.19. The summed E-state index contributed by atoms with van der Waals surface area (Å²) in [5, 5.41) is 9.72. The molecular weight excluding hydrogens is 180 g/mol. The molecule has 0 aromatic rings. The van der Waals surface area contributed by atoms with Crippen molar-refractivity contribution >= 4 is 5.97 Å². The van der Waals surface area contributed by atoms with Crippen molar-refractivity contribution in [3.05, 3.63) is 0 Å². The molecule has 0 heterocycles. The molecule has 0 bridgehead atoms. The van der Waals surface area contributed by atoms with Crippen molar-refractivity contribution in [2.24, 2.45) is 5.92 Å². The average Bonchev–Trinajstić information content (AvgIpc) is 2.16. The Hall–Kier alpha value is -0.570. The Balaban J connectivity index is 3.69. The van der Waals surface area contributed by atoms with Gasteiger partial charge < -0.3 is 9.84 Å². The predicted molar refractivity (Wildman–Crippen MR) is 55.9 cm³/mol. The average molecular weight is 202 g/mol. The van der Waals surface area contributed by atoms with E-state index in [2.05, 4.69) is 4.74 Å². The molecule has 14 heavy (non-hydrogen) atoms. The minimum absolute atomic E-state index is 0.0624. The standard InChI is InChI=1S/C11H22O3/c1-5-11(3,13)8-6-7-9(2)10(12)14-4/h9,13H,5-8H2,1-4H3. The minimum atomic E-state index is -0.587. The van der Waals surface area contributed by atoms with Gasteiger partial charge in [-0.15, -0.1) is 0 Å². The van der Waals surface area contributed by atoms with Crippen molar-refractivity contribution in [1.29, 1.82) is 0 Å². The van der Waals surface area contributed by atoms with E-state index in [1.807, 2.05) is 20.8 Å². The maximum atomic E-state index is 11.1. The van der Waals surface area contributed by atoms with E-state index < -0.39 is 5.60 Å². The summed E-state index contributed by atoms with van der Waals surface area (Å²) in [7, 11) is 1.40. The highest BCUT2D eigenvalue weighted by molar-refractivity contribution is 5.71. The Labute approximate surface area is 86.5 Å². The van der Waals surface area contributed by atoms with E-state index in [9.17, 15) is 9.90 Å². The Bertz CT molecular complexity index is 175. The summed E-state index contributed by atoms with van der Waals surface area (Å²) in [5.74, 6) is -0.228. The fraction of sp³-hybridized carbons (Fsp3) is 0.909. The number of ether oxygens (including phenoxy) is 1. The van der Waals surface area contributed by atoms with Crippen molar-refractivity contribution in [3.63, 3.8) is 0 Å². The number of aliphatic hydroxyl groups is 1. The number of carbonyl (C=O) groups excluding carboxylic acids is 1. The molecule has 0 amide bonds. The van der Waals surface area contributed by atoms with Gasteiger partial charge >= 0.3 is 5.97 Å². The summed E-state index contributed by atoms with van der Waals surface area (Å²) in [5.41, 5.74) is -0.587. The quantitative estimate of drug-likeness (QED) is 0.671. The normalized spacial score (nSPS) is 17.2. The maximum absolute atomic E-state index is 11.1. The molecule has 3 heteroatoms.